The van der Waals surface area contributed by atoms with E-state index >= 15 is 0 Å². The van der Waals surface area contributed by atoms with Crippen LogP contribution in [0.3, 0.4) is 0 Å². The highest BCUT2D eigenvalue weighted by molar-refractivity contribution is 5.94. The number of benzene rings is 1. The standard InChI is InChI=1S/C18H29N3O3/c1-2-23-14-15-24-17-6-4-16(5-7-17)18(22)21-12-10-20(11-13-21)9-3-8-19/h4-7H,2-3,8-15,19H2,1H3. The Morgan fingerprint density at radius 1 is 1.12 bits per heavy atom. The van der Waals surface area contributed by atoms with E-state index in [1.54, 1.807) is 0 Å². The third-order valence-electron chi connectivity index (χ3n) is 4.14. The van der Waals surface area contributed by atoms with Crippen molar-refractivity contribution in [2.75, 3.05) is 59.1 Å². The zero-order valence-corrected chi connectivity index (χ0v) is 14.6. The van der Waals surface area contributed by atoms with Crippen molar-refractivity contribution in [3.63, 3.8) is 0 Å². The molecule has 1 aliphatic heterocycles. The smallest absolute Gasteiger partial charge is 0.253 e. The van der Waals surface area contributed by atoms with Crippen molar-refractivity contribution in [2.24, 2.45) is 5.73 Å². The van der Waals surface area contributed by atoms with Gasteiger partial charge in [-0.2, -0.15) is 0 Å². The molecule has 0 bridgehead atoms. The van der Waals surface area contributed by atoms with Crippen molar-refractivity contribution < 1.29 is 14.3 Å². The number of amides is 1. The van der Waals surface area contributed by atoms with Gasteiger partial charge in [0.25, 0.3) is 5.91 Å². The molecular weight excluding hydrogens is 306 g/mol. The summed E-state index contributed by atoms with van der Waals surface area (Å²) in [5, 5.41) is 0. The molecule has 2 N–H and O–H groups in total. The molecule has 0 aromatic heterocycles. The van der Waals surface area contributed by atoms with E-state index < -0.39 is 0 Å². The molecule has 6 nitrogen and oxygen atoms in total. The van der Waals surface area contributed by atoms with Gasteiger partial charge in [-0.3, -0.25) is 9.69 Å². The number of hydrogen-bond acceptors (Lipinski definition) is 5. The van der Waals surface area contributed by atoms with Gasteiger partial charge in [-0.15, -0.1) is 0 Å². The summed E-state index contributed by atoms with van der Waals surface area (Å²) in [6, 6.07) is 7.35. The largest absolute Gasteiger partial charge is 0.491 e. The van der Waals surface area contributed by atoms with E-state index in [1.807, 2.05) is 36.1 Å². The lowest BCUT2D eigenvalue weighted by Crippen LogP contribution is -2.49. The fraction of sp³-hybridized carbons (Fsp3) is 0.611. The van der Waals surface area contributed by atoms with Crippen LogP contribution in [0.5, 0.6) is 5.75 Å². The second kappa shape index (κ2) is 10.3. The van der Waals surface area contributed by atoms with Gasteiger partial charge in [-0.1, -0.05) is 0 Å². The molecule has 134 valence electrons. The summed E-state index contributed by atoms with van der Waals surface area (Å²) in [5.74, 6) is 0.854. The molecule has 6 heteroatoms. The number of carbonyl (C=O) groups excluding carboxylic acids is 1. The first-order valence-electron chi connectivity index (χ1n) is 8.77. The van der Waals surface area contributed by atoms with Crippen LogP contribution in [0.2, 0.25) is 0 Å². The van der Waals surface area contributed by atoms with Crippen LogP contribution >= 0.6 is 0 Å². The van der Waals surface area contributed by atoms with Gasteiger partial charge in [0.2, 0.25) is 0 Å². The summed E-state index contributed by atoms with van der Waals surface area (Å²) < 4.78 is 10.8. The third kappa shape index (κ3) is 5.78. The molecule has 24 heavy (non-hydrogen) atoms. The SMILES string of the molecule is CCOCCOc1ccc(C(=O)N2CCN(CCCN)CC2)cc1. The molecule has 1 saturated heterocycles. The Morgan fingerprint density at radius 2 is 1.83 bits per heavy atom. The fourth-order valence-electron chi connectivity index (χ4n) is 2.73. The molecule has 1 amide bonds. The second-order valence-corrected chi connectivity index (χ2v) is 5.85. The zero-order valence-electron chi connectivity index (χ0n) is 14.6. The van der Waals surface area contributed by atoms with Crippen molar-refractivity contribution in [1.82, 2.24) is 9.80 Å². The normalized spacial score (nSPS) is 15.5. The van der Waals surface area contributed by atoms with Gasteiger partial charge in [0.15, 0.2) is 0 Å². The second-order valence-electron chi connectivity index (χ2n) is 5.85. The lowest BCUT2D eigenvalue weighted by Gasteiger charge is -2.34. The summed E-state index contributed by atoms with van der Waals surface area (Å²) in [6.45, 7) is 8.87. The molecule has 1 fully saturated rings. The molecule has 2 rings (SSSR count). The summed E-state index contributed by atoms with van der Waals surface area (Å²) in [4.78, 5) is 16.8. The van der Waals surface area contributed by atoms with Crippen LogP contribution in [0, 0.1) is 0 Å². The molecule has 1 aromatic rings. The van der Waals surface area contributed by atoms with Gasteiger partial charge in [0, 0.05) is 38.3 Å². The average molecular weight is 335 g/mol. The first-order valence-corrected chi connectivity index (χ1v) is 8.77. The molecule has 0 aliphatic carbocycles. The highest BCUT2D eigenvalue weighted by Crippen LogP contribution is 2.15. The van der Waals surface area contributed by atoms with Gasteiger partial charge in [0.1, 0.15) is 12.4 Å². The monoisotopic (exact) mass is 335 g/mol. The first kappa shape index (κ1) is 18.7. The molecule has 0 atom stereocenters. The molecule has 1 heterocycles. The summed E-state index contributed by atoms with van der Waals surface area (Å²) in [7, 11) is 0. The van der Waals surface area contributed by atoms with Crippen LogP contribution in [-0.4, -0.2) is 74.8 Å². The van der Waals surface area contributed by atoms with Crippen LogP contribution in [-0.2, 0) is 4.74 Å². The number of carbonyl (C=O) groups is 1. The maximum atomic E-state index is 12.6. The van der Waals surface area contributed by atoms with Crippen molar-refractivity contribution in [3.05, 3.63) is 29.8 Å². The molecule has 1 aliphatic rings. The summed E-state index contributed by atoms with van der Waals surface area (Å²) >= 11 is 0. The lowest BCUT2D eigenvalue weighted by atomic mass is 10.1. The van der Waals surface area contributed by atoms with Crippen molar-refractivity contribution in [2.45, 2.75) is 13.3 Å². The van der Waals surface area contributed by atoms with E-state index in [2.05, 4.69) is 4.90 Å². The number of ether oxygens (including phenoxy) is 2. The van der Waals surface area contributed by atoms with Gasteiger partial charge in [-0.05, 0) is 50.7 Å². The van der Waals surface area contributed by atoms with Gasteiger partial charge >= 0.3 is 0 Å². The van der Waals surface area contributed by atoms with E-state index in [0.29, 0.717) is 25.4 Å². The minimum atomic E-state index is 0.0920. The molecule has 0 saturated carbocycles. The van der Waals surface area contributed by atoms with Crippen molar-refractivity contribution in [1.29, 1.82) is 0 Å². The Hall–Kier alpha value is -1.63. The van der Waals surface area contributed by atoms with E-state index in [-0.39, 0.29) is 5.91 Å². The maximum Gasteiger partial charge on any atom is 0.253 e. The lowest BCUT2D eigenvalue weighted by molar-refractivity contribution is 0.0636. The highest BCUT2D eigenvalue weighted by Gasteiger charge is 2.21. The number of nitrogens with zero attached hydrogens (tertiary/aromatic N) is 2. The number of piperazine rings is 1. The highest BCUT2D eigenvalue weighted by atomic mass is 16.5. The van der Waals surface area contributed by atoms with E-state index in [0.717, 1.165) is 51.4 Å². The van der Waals surface area contributed by atoms with Crippen LogP contribution in [0.1, 0.15) is 23.7 Å². The van der Waals surface area contributed by atoms with E-state index in [4.69, 9.17) is 15.2 Å². The number of hydrogen-bond donors (Lipinski definition) is 1. The summed E-state index contributed by atoms with van der Waals surface area (Å²) in [6.07, 6.45) is 1.01. The maximum absolute atomic E-state index is 12.6. The van der Waals surface area contributed by atoms with Gasteiger partial charge in [-0.25, -0.2) is 0 Å². The average Bonchev–Trinajstić information content (AvgIpc) is 2.64. The Labute approximate surface area is 144 Å². The number of rotatable bonds is 9. The van der Waals surface area contributed by atoms with E-state index in [9.17, 15) is 4.79 Å². The Balaban J connectivity index is 1.78. The first-order chi connectivity index (χ1) is 11.7. The van der Waals surface area contributed by atoms with Crippen LogP contribution in [0.15, 0.2) is 24.3 Å². The minimum Gasteiger partial charge on any atom is -0.491 e. The summed E-state index contributed by atoms with van der Waals surface area (Å²) in [5.41, 5.74) is 6.26. The van der Waals surface area contributed by atoms with Crippen molar-refractivity contribution in [3.8, 4) is 5.75 Å². The predicted molar refractivity (Wildman–Crippen MR) is 94.4 cm³/mol. The molecular formula is C18H29N3O3. The van der Waals surface area contributed by atoms with Crippen LogP contribution in [0.25, 0.3) is 0 Å². The molecule has 0 unspecified atom stereocenters. The van der Waals surface area contributed by atoms with Crippen molar-refractivity contribution >= 4 is 5.91 Å². The van der Waals surface area contributed by atoms with E-state index in [1.165, 1.54) is 0 Å². The van der Waals surface area contributed by atoms with Crippen LogP contribution < -0.4 is 10.5 Å². The Kier molecular flexibility index (Phi) is 8.01. The quantitative estimate of drug-likeness (QED) is 0.687. The Bertz CT molecular complexity index is 485. The van der Waals surface area contributed by atoms with Crippen LogP contribution in [0.4, 0.5) is 0 Å². The molecule has 1 aromatic carbocycles. The Morgan fingerprint density at radius 3 is 2.46 bits per heavy atom. The molecule has 0 spiro atoms. The minimum absolute atomic E-state index is 0.0920. The predicted octanol–water partition coefficient (Wildman–Crippen LogP) is 1.21. The fourth-order valence-corrected chi connectivity index (χ4v) is 2.73. The topological polar surface area (TPSA) is 68.0 Å². The molecule has 0 radical (unpaired) electrons. The van der Waals surface area contributed by atoms with Gasteiger partial charge in [0.05, 0.1) is 6.61 Å². The zero-order chi connectivity index (χ0) is 17.2. The number of nitrogens with two attached hydrogens (primary N) is 1. The third-order valence-corrected chi connectivity index (χ3v) is 4.14. The van der Waals surface area contributed by atoms with Gasteiger partial charge < -0.3 is 20.1 Å².